The molecule has 0 saturated heterocycles. The highest BCUT2D eigenvalue weighted by Crippen LogP contribution is 2.18. The molecule has 0 amide bonds. The standard InChI is InChI=1S/C8H10ClFN2O/c1-11-7(4-13)5-2-8(9)12-3-6(5)10/h2-3,7,11,13H,4H2,1H3/t7-/m1/s1. The van der Waals surface area contributed by atoms with Crippen LogP contribution in [-0.4, -0.2) is 23.7 Å². The number of aliphatic hydroxyl groups is 1. The van der Waals surface area contributed by atoms with E-state index in [0.29, 0.717) is 5.56 Å². The van der Waals surface area contributed by atoms with Gasteiger partial charge >= 0.3 is 0 Å². The zero-order chi connectivity index (χ0) is 9.84. The summed E-state index contributed by atoms with van der Waals surface area (Å²) in [5.74, 6) is -0.474. The number of hydrogen-bond donors (Lipinski definition) is 2. The fourth-order valence-corrected chi connectivity index (χ4v) is 1.21. The summed E-state index contributed by atoms with van der Waals surface area (Å²) in [5, 5.41) is 11.9. The fraction of sp³-hybridized carbons (Fsp3) is 0.375. The number of nitrogens with one attached hydrogen (secondary N) is 1. The third kappa shape index (κ3) is 2.37. The smallest absolute Gasteiger partial charge is 0.146 e. The molecule has 0 bridgehead atoms. The normalized spacial score (nSPS) is 12.9. The van der Waals surface area contributed by atoms with E-state index in [9.17, 15) is 4.39 Å². The van der Waals surface area contributed by atoms with E-state index >= 15 is 0 Å². The van der Waals surface area contributed by atoms with Gasteiger partial charge in [-0.25, -0.2) is 9.37 Å². The Morgan fingerprint density at radius 2 is 2.46 bits per heavy atom. The second kappa shape index (κ2) is 4.50. The molecule has 0 aromatic carbocycles. The van der Waals surface area contributed by atoms with Crippen LogP contribution in [0.2, 0.25) is 5.15 Å². The minimum atomic E-state index is -0.474. The number of pyridine rings is 1. The highest BCUT2D eigenvalue weighted by atomic mass is 35.5. The summed E-state index contributed by atoms with van der Waals surface area (Å²) in [6, 6.07) is 0.953. The first-order valence-electron chi connectivity index (χ1n) is 3.78. The monoisotopic (exact) mass is 204 g/mol. The van der Waals surface area contributed by atoms with Crippen molar-refractivity contribution in [2.45, 2.75) is 6.04 Å². The zero-order valence-electron chi connectivity index (χ0n) is 7.09. The highest BCUT2D eigenvalue weighted by Gasteiger charge is 2.13. The Labute approximate surface area is 80.6 Å². The van der Waals surface area contributed by atoms with Gasteiger partial charge in [-0.1, -0.05) is 11.6 Å². The lowest BCUT2D eigenvalue weighted by atomic mass is 10.1. The third-order valence-corrected chi connectivity index (χ3v) is 1.96. The van der Waals surface area contributed by atoms with Gasteiger partial charge in [0.05, 0.1) is 18.8 Å². The van der Waals surface area contributed by atoms with Gasteiger partial charge in [0, 0.05) is 5.56 Å². The van der Waals surface area contributed by atoms with E-state index in [0.717, 1.165) is 6.20 Å². The Balaban J connectivity index is 3.03. The first-order valence-corrected chi connectivity index (χ1v) is 4.16. The van der Waals surface area contributed by atoms with Crippen LogP contribution < -0.4 is 5.32 Å². The summed E-state index contributed by atoms with van der Waals surface area (Å²) in [7, 11) is 1.63. The molecule has 0 aliphatic rings. The Morgan fingerprint density at radius 3 is 3.00 bits per heavy atom. The minimum absolute atomic E-state index is 0.187. The van der Waals surface area contributed by atoms with Crippen LogP contribution in [0.1, 0.15) is 11.6 Å². The Bertz CT molecular complexity index is 291. The number of hydrogen-bond acceptors (Lipinski definition) is 3. The lowest BCUT2D eigenvalue weighted by Gasteiger charge is -2.13. The summed E-state index contributed by atoms with van der Waals surface area (Å²) >= 11 is 5.59. The maximum atomic E-state index is 13.1. The van der Waals surface area contributed by atoms with E-state index in [4.69, 9.17) is 16.7 Å². The molecule has 1 atom stereocenters. The number of nitrogens with zero attached hydrogens (tertiary/aromatic N) is 1. The molecule has 0 aliphatic carbocycles. The second-order valence-electron chi connectivity index (χ2n) is 2.55. The van der Waals surface area contributed by atoms with Gasteiger partial charge in [0.1, 0.15) is 11.0 Å². The van der Waals surface area contributed by atoms with Crippen molar-refractivity contribution < 1.29 is 9.50 Å². The first kappa shape index (κ1) is 10.4. The molecule has 0 radical (unpaired) electrons. The second-order valence-corrected chi connectivity index (χ2v) is 2.94. The quantitative estimate of drug-likeness (QED) is 0.726. The van der Waals surface area contributed by atoms with Crippen LogP contribution >= 0.6 is 11.6 Å². The molecule has 0 aliphatic heterocycles. The third-order valence-electron chi connectivity index (χ3n) is 1.76. The fourth-order valence-electron chi connectivity index (χ4n) is 1.04. The largest absolute Gasteiger partial charge is 0.394 e. The van der Waals surface area contributed by atoms with Gasteiger partial charge in [-0.15, -0.1) is 0 Å². The lowest BCUT2D eigenvalue weighted by molar-refractivity contribution is 0.248. The van der Waals surface area contributed by atoms with Crippen LogP contribution in [0.5, 0.6) is 0 Å². The molecule has 0 spiro atoms. The Kier molecular flexibility index (Phi) is 3.59. The van der Waals surface area contributed by atoms with E-state index in [-0.39, 0.29) is 11.8 Å². The van der Waals surface area contributed by atoms with Gasteiger partial charge < -0.3 is 10.4 Å². The molecule has 1 aromatic rings. The van der Waals surface area contributed by atoms with Gasteiger partial charge in [-0.2, -0.15) is 0 Å². The molecule has 2 N–H and O–H groups in total. The lowest BCUT2D eigenvalue weighted by Crippen LogP contribution is -2.21. The number of halogens is 2. The molecule has 13 heavy (non-hydrogen) atoms. The molecule has 5 heteroatoms. The van der Waals surface area contributed by atoms with E-state index < -0.39 is 11.9 Å². The summed E-state index contributed by atoms with van der Waals surface area (Å²) < 4.78 is 13.1. The van der Waals surface area contributed by atoms with Crippen molar-refractivity contribution in [2.75, 3.05) is 13.7 Å². The Hall–Kier alpha value is -0.710. The molecular formula is C8H10ClFN2O. The maximum absolute atomic E-state index is 13.1. The van der Waals surface area contributed by atoms with Crippen LogP contribution in [-0.2, 0) is 0 Å². The Morgan fingerprint density at radius 1 is 1.77 bits per heavy atom. The molecule has 0 saturated carbocycles. The van der Waals surface area contributed by atoms with Crippen molar-refractivity contribution in [2.24, 2.45) is 0 Å². The zero-order valence-corrected chi connectivity index (χ0v) is 7.85. The van der Waals surface area contributed by atoms with Crippen molar-refractivity contribution in [1.82, 2.24) is 10.3 Å². The maximum Gasteiger partial charge on any atom is 0.146 e. The molecule has 72 valence electrons. The van der Waals surface area contributed by atoms with E-state index in [1.54, 1.807) is 7.05 Å². The van der Waals surface area contributed by atoms with Gasteiger partial charge in [-0.05, 0) is 13.1 Å². The van der Waals surface area contributed by atoms with Crippen LogP contribution in [0.4, 0.5) is 4.39 Å². The van der Waals surface area contributed by atoms with Crippen LogP contribution in [0.3, 0.4) is 0 Å². The topological polar surface area (TPSA) is 45.1 Å². The van der Waals surface area contributed by atoms with Crippen molar-refractivity contribution in [3.05, 3.63) is 28.8 Å². The van der Waals surface area contributed by atoms with Crippen molar-refractivity contribution >= 4 is 11.6 Å². The van der Waals surface area contributed by atoms with Gasteiger partial charge in [0.25, 0.3) is 0 Å². The molecule has 1 rings (SSSR count). The van der Waals surface area contributed by atoms with Crippen molar-refractivity contribution in [3.8, 4) is 0 Å². The number of likely N-dealkylation sites (N-methyl/N-ethyl adjacent to an activating group) is 1. The van der Waals surface area contributed by atoms with Gasteiger partial charge in [0.15, 0.2) is 0 Å². The summed E-state index contributed by atoms with van der Waals surface area (Å²) in [6.07, 6.45) is 1.04. The van der Waals surface area contributed by atoms with E-state index in [1.807, 2.05) is 0 Å². The average Bonchev–Trinajstić information content (AvgIpc) is 2.13. The minimum Gasteiger partial charge on any atom is -0.394 e. The average molecular weight is 205 g/mol. The van der Waals surface area contributed by atoms with E-state index in [1.165, 1.54) is 6.07 Å². The molecule has 1 aromatic heterocycles. The molecule has 1 heterocycles. The van der Waals surface area contributed by atoms with Crippen LogP contribution in [0, 0.1) is 5.82 Å². The summed E-state index contributed by atoms with van der Waals surface area (Å²) in [4.78, 5) is 3.57. The SMILES string of the molecule is CN[C@H](CO)c1cc(Cl)ncc1F. The molecule has 3 nitrogen and oxygen atoms in total. The van der Waals surface area contributed by atoms with E-state index in [2.05, 4.69) is 10.3 Å². The predicted octanol–water partition coefficient (Wildman–Crippen LogP) is 1.13. The van der Waals surface area contributed by atoms with Crippen LogP contribution in [0.15, 0.2) is 12.3 Å². The van der Waals surface area contributed by atoms with Gasteiger partial charge in [0.2, 0.25) is 0 Å². The first-order chi connectivity index (χ1) is 6.19. The van der Waals surface area contributed by atoms with Crippen molar-refractivity contribution in [1.29, 1.82) is 0 Å². The summed E-state index contributed by atoms with van der Waals surface area (Å²) in [6.45, 7) is -0.187. The number of aliphatic hydroxyl groups excluding tert-OH is 1. The highest BCUT2D eigenvalue weighted by molar-refractivity contribution is 6.29. The number of aromatic nitrogens is 1. The summed E-state index contributed by atoms with van der Waals surface area (Å²) in [5.41, 5.74) is 0.324. The van der Waals surface area contributed by atoms with Crippen molar-refractivity contribution in [3.63, 3.8) is 0 Å². The molecule has 0 unspecified atom stereocenters. The number of rotatable bonds is 3. The molecular weight excluding hydrogens is 195 g/mol. The van der Waals surface area contributed by atoms with Gasteiger partial charge in [-0.3, -0.25) is 0 Å². The predicted molar refractivity (Wildman–Crippen MR) is 48.1 cm³/mol. The molecule has 0 fully saturated rings. The van der Waals surface area contributed by atoms with Crippen LogP contribution in [0.25, 0.3) is 0 Å².